The van der Waals surface area contributed by atoms with E-state index in [1.165, 1.54) is 17.7 Å². The van der Waals surface area contributed by atoms with Crippen molar-refractivity contribution in [2.24, 2.45) is 0 Å². The van der Waals surface area contributed by atoms with E-state index in [0.29, 0.717) is 30.2 Å². The topological polar surface area (TPSA) is 78.3 Å². The molecule has 0 spiro atoms. The lowest BCUT2D eigenvalue weighted by Gasteiger charge is -2.15. The molecule has 1 amide bonds. The molecule has 0 saturated carbocycles. The number of carbonyl (C=O) groups excluding carboxylic acids is 1. The van der Waals surface area contributed by atoms with Crippen LogP contribution >= 0.6 is 0 Å². The largest absolute Gasteiger partial charge is 0.497 e. The Hall–Kier alpha value is -3.35. The zero-order chi connectivity index (χ0) is 20.9. The Morgan fingerprint density at radius 3 is 2.77 bits per heavy atom. The standard InChI is InChI=1S/C23H26N4O3/c1-29-16-10-11-18(21(15-16)30-2)23(28)25-13-14-27-20-9-4-3-7-17(20)22(26-27)19-8-5-6-12-24-19/h5-6,8,10-12,15H,3-4,7,9,13-14H2,1-2H3,(H,25,28). The summed E-state index contributed by atoms with van der Waals surface area (Å²) in [6.07, 6.45) is 6.17. The molecule has 0 unspecified atom stereocenters. The van der Waals surface area contributed by atoms with Gasteiger partial charge in [-0.15, -0.1) is 0 Å². The van der Waals surface area contributed by atoms with Crippen molar-refractivity contribution in [3.63, 3.8) is 0 Å². The second-order valence-electron chi connectivity index (χ2n) is 7.24. The zero-order valence-electron chi connectivity index (χ0n) is 17.4. The molecular weight excluding hydrogens is 380 g/mol. The number of carbonyl (C=O) groups is 1. The lowest BCUT2D eigenvalue weighted by Crippen LogP contribution is -2.28. The molecule has 1 aromatic carbocycles. The number of hydrogen-bond donors (Lipinski definition) is 1. The normalized spacial score (nSPS) is 12.9. The van der Waals surface area contributed by atoms with Crippen molar-refractivity contribution in [2.45, 2.75) is 32.2 Å². The number of ether oxygens (including phenoxy) is 2. The second-order valence-corrected chi connectivity index (χ2v) is 7.24. The van der Waals surface area contributed by atoms with Gasteiger partial charge in [0.2, 0.25) is 0 Å². The Morgan fingerprint density at radius 1 is 1.13 bits per heavy atom. The van der Waals surface area contributed by atoms with Crippen LogP contribution in [-0.4, -0.2) is 41.4 Å². The molecule has 1 aliphatic carbocycles. The molecule has 0 atom stereocenters. The van der Waals surface area contributed by atoms with Gasteiger partial charge in [0.05, 0.1) is 32.0 Å². The van der Waals surface area contributed by atoms with Crippen molar-refractivity contribution < 1.29 is 14.3 Å². The predicted molar refractivity (Wildman–Crippen MR) is 114 cm³/mol. The molecule has 0 aliphatic heterocycles. The van der Waals surface area contributed by atoms with Crippen molar-refractivity contribution in [3.05, 3.63) is 59.4 Å². The maximum atomic E-state index is 12.7. The van der Waals surface area contributed by atoms with Gasteiger partial charge in [0, 0.05) is 30.1 Å². The van der Waals surface area contributed by atoms with Gasteiger partial charge in [-0.2, -0.15) is 5.10 Å². The Bertz CT molecular complexity index is 1030. The van der Waals surface area contributed by atoms with Crippen LogP contribution in [0.3, 0.4) is 0 Å². The highest BCUT2D eigenvalue weighted by Crippen LogP contribution is 2.30. The average molecular weight is 406 g/mol. The van der Waals surface area contributed by atoms with Crippen LogP contribution in [0.1, 0.15) is 34.5 Å². The number of amides is 1. The van der Waals surface area contributed by atoms with E-state index in [-0.39, 0.29) is 5.91 Å². The van der Waals surface area contributed by atoms with E-state index in [2.05, 4.69) is 10.3 Å². The fourth-order valence-electron chi connectivity index (χ4n) is 3.92. The predicted octanol–water partition coefficient (Wildman–Crippen LogP) is 3.27. The quantitative estimate of drug-likeness (QED) is 0.652. The van der Waals surface area contributed by atoms with E-state index in [0.717, 1.165) is 30.7 Å². The van der Waals surface area contributed by atoms with Crippen LogP contribution < -0.4 is 14.8 Å². The molecule has 0 fully saturated rings. The van der Waals surface area contributed by atoms with Gasteiger partial charge >= 0.3 is 0 Å². The number of pyridine rings is 1. The van der Waals surface area contributed by atoms with Gasteiger partial charge in [-0.1, -0.05) is 6.07 Å². The first kappa shape index (κ1) is 19.9. The minimum atomic E-state index is -0.180. The molecule has 1 N–H and O–H groups in total. The van der Waals surface area contributed by atoms with Crippen molar-refractivity contribution in [3.8, 4) is 22.9 Å². The first-order valence-corrected chi connectivity index (χ1v) is 10.2. The van der Waals surface area contributed by atoms with Gasteiger partial charge < -0.3 is 14.8 Å². The van der Waals surface area contributed by atoms with Crippen molar-refractivity contribution in [1.29, 1.82) is 0 Å². The number of nitrogens with zero attached hydrogens (tertiary/aromatic N) is 3. The number of methoxy groups -OCH3 is 2. The van der Waals surface area contributed by atoms with Crippen LogP contribution in [0.5, 0.6) is 11.5 Å². The minimum Gasteiger partial charge on any atom is -0.497 e. The fourth-order valence-corrected chi connectivity index (χ4v) is 3.92. The molecular formula is C23H26N4O3. The molecule has 30 heavy (non-hydrogen) atoms. The van der Waals surface area contributed by atoms with Crippen LogP contribution in [-0.2, 0) is 19.4 Å². The third-order valence-electron chi connectivity index (χ3n) is 5.43. The zero-order valence-corrected chi connectivity index (χ0v) is 17.4. The monoisotopic (exact) mass is 406 g/mol. The van der Waals surface area contributed by atoms with E-state index < -0.39 is 0 Å². The van der Waals surface area contributed by atoms with Gasteiger partial charge in [-0.3, -0.25) is 14.5 Å². The summed E-state index contributed by atoms with van der Waals surface area (Å²) in [4.78, 5) is 17.1. The summed E-state index contributed by atoms with van der Waals surface area (Å²) >= 11 is 0. The first-order valence-electron chi connectivity index (χ1n) is 10.2. The summed E-state index contributed by atoms with van der Waals surface area (Å²) in [5, 5.41) is 7.83. The van der Waals surface area contributed by atoms with Crippen LogP contribution in [0.15, 0.2) is 42.6 Å². The molecule has 2 heterocycles. The van der Waals surface area contributed by atoms with E-state index in [1.54, 1.807) is 38.6 Å². The second kappa shape index (κ2) is 8.98. The number of nitrogens with one attached hydrogen (secondary N) is 1. The lowest BCUT2D eigenvalue weighted by atomic mass is 9.95. The number of benzene rings is 1. The average Bonchev–Trinajstić information content (AvgIpc) is 3.18. The lowest BCUT2D eigenvalue weighted by molar-refractivity contribution is 0.0948. The Labute approximate surface area is 176 Å². The highest BCUT2D eigenvalue weighted by Gasteiger charge is 2.22. The van der Waals surface area contributed by atoms with Crippen molar-refractivity contribution in [2.75, 3.05) is 20.8 Å². The van der Waals surface area contributed by atoms with Crippen LogP contribution in [0.2, 0.25) is 0 Å². The fraction of sp³-hybridized carbons (Fsp3) is 0.348. The van der Waals surface area contributed by atoms with Crippen LogP contribution in [0, 0.1) is 0 Å². The van der Waals surface area contributed by atoms with E-state index >= 15 is 0 Å². The third-order valence-corrected chi connectivity index (χ3v) is 5.43. The number of fused-ring (bicyclic) bond motifs is 1. The first-order chi connectivity index (χ1) is 14.7. The van der Waals surface area contributed by atoms with Crippen LogP contribution in [0.25, 0.3) is 11.4 Å². The number of hydrogen-bond acceptors (Lipinski definition) is 5. The van der Waals surface area contributed by atoms with E-state index in [4.69, 9.17) is 14.6 Å². The van der Waals surface area contributed by atoms with E-state index in [9.17, 15) is 4.79 Å². The van der Waals surface area contributed by atoms with Gasteiger partial charge in [-0.05, 0) is 49.9 Å². The summed E-state index contributed by atoms with van der Waals surface area (Å²) in [7, 11) is 3.12. The van der Waals surface area contributed by atoms with Crippen LogP contribution in [0.4, 0.5) is 0 Å². The summed E-state index contributed by atoms with van der Waals surface area (Å²) in [5.41, 5.74) is 4.91. The molecule has 7 heteroatoms. The molecule has 3 aromatic rings. The summed E-state index contributed by atoms with van der Waals surface area (Å²) in [6, 6.07) is 11.1. The van der Waals surface area contributed by atoms with Gasteiger partial charge in [0.1, 0.15) is 17.2 Å². The van der Waals surface area contributed by atoms with Gasteiger partial charge in [0.15, 0.2) is 0 Å². The highest BCUT2D eigenvalue weighted by molar-refractivity contribution is 5.97. The third kappa shape index (κ3) is 4.01. The Morgan fingerprint density at radius 2 is 2.00 bits per heavy atom. The Kier molecular flexibility index (Phi) is 5.97. The molecule has 4 rings (SSSR count). The molecule has 2 aromatic heterocycles. The summed E-state index contributed by atoms with van der Waals surface area (Å²) in [6.45, 7) is 1.09. The Balaban J connectivity index is 1.48. The molecule has 0 bridgehead atoms. The number of rotatable bonds is 7. The number of aromatic nitrogens is 3. The summed E-state index contributed by atoms with van der Waals surface area (Å²) in [5.74, 6) is 0.954. The maximum Gasteiger partial charge on any atom is 0.255 e. The van der Waals surface area contributed by atoms with Crippen molar-refractivity contribution in [1.82, 2.24) is 20.1 Å². The molecule has 0 saturated heterocycles. The molecule has 0 radical (unpaired) electrons. The molecule has 7 nitrogen and oxygen atoms in total. The summed E-state index contributed by atoms with van der Waals surface area (Å²) < 4.78 is 12.6. The SMILES string of the molecule is COc1ccc(C(=O)NCCn2nc(-c3ccccn3)c3c2CCCC3)c(OC)c1. The minimum absolute atomic E-state index is 0.180. The van der Waals surface area contributed by atoms with Crippen molar-refractivity contribution >= 4 is 5.91 Å². The highest BCUT2D eigenvalue weighted by atomic mass is 16.5. The maximum absolute atomic E-state index is 12.7. The van der Waals surface area contributed by atoms with E-state index in [1.807, 2.05) is 22.9 Å². The molecule has 156 valence electrons. The smallest absolute Gasteiger partial charge is 0.255 e. The van der Waals surface area contributed by atoms with Gasteiger partial charge in [-0.25, -0.2) is 0 Å². The molecule has 1 aliphatic rings. The van der Waals surface area contributed by atoms with Gasteiger partial charge in [0.25, 0.3) is 5.91 Å².